The topological polar surface area (TPSA) is 34.1 Å². The van der Waals surface area contributed by atoms with E-state index < -0.39 is 0 Å². The van der Waals surface area contributed by atoms with E-state index in [4.69, 9.17) is 16.3 Å². The number of benzene rings is 1. The Morgan fingerprint density at radius 2 is 2.26 bits per heavy atom. The average molecular weight is 279 g/mol. The van der Waals surface area contributed by atoms with Crippen LogP contribution in [0, 0.1) is 6.92 Å². The van der Waals surface area contributed by atoms with Gasteiger partial charge in [0.05, 0.1) is 22.8 Å². The second kappa shape index (κ2) is 6.22. The lowest BCUT2D eigenvalue weighted by Gasteiger charge is -2.18. The van der Waals surface area contributed by atoms with Gasteiger partial charge in [-0.1, -0.05) is 11.6 Å². The highest BCUT2D eigenvalue weighted by molar-refractivity contribution is 6.35. The lowest BCUT2D eigenvalue weighted by atomic mass is 10.1. The van der Waals surface area contributed by atoms with E-state index in [-0.39, 0.29) is 6.04 Å². The molecule has 0 saturated heterocycles. The largest absolute Gasteiger partial charge is 0.380 e. The van der Waals surface area contributed by atoms with Crippen molar-refractivity contribution in [2.75, 3.05) is 18.5 Å². The van der Waals surface area contributed by atoms with Gasteiger partial charge in [-0.25, -0.2) is 0 Å². The second-order valence-corrected chi connectivity index (χ2v) is 5.06. The molecule has 0 saturated carbocycles. The van der Waals surface area contributed by atoms with Gasteiger partial charge in [0.1, 0.15) is 0 Å². The predicted octanol–water partition coefficient (Wildman–Crippen LogP) is 4.03. The molecule has 3 nitrogen and oxygen atoms in total. The number of pyridine rings is 1. The molecule has 0 fully saturated rings. The molecule has 1 heterocycles. The highest BCUT2D eigenvalue weighted by atomic mass is 35.5. The molecule has 2 rings (SSSR count). The molecule has 0 aliphatic heterocycles. The van der Waals surface area contributed by atoms with Crippen molar-refractivity contribution in [1.29, 1.82) is 0 Å². The highest BCUT2D eigenvalue weighted by Gasteiger charge is 2.12. The van der Waals surface area contributed by atoms with Crippen LogP contribution in [0.25, 0.3) is 10.9 Å². The smallest absolute Gasteiger partial charge is 0.0752 e. The first kappa shape index (κ1) is 14.1. The zero-order valence-electron chi connectivity index (χ0n) is 11.5. The van der Waals surface area contributed by atoms with Crippen molar-refractivity contribution in [2.24, 2.45) is 0 Å². The standard InChI is InChI=1S/C15H19ClN2O/c1-4-19-9-11(3)18-15-12-6-5-7-17-14(12)10(2)8-13(15)16/h5-8,11,18H,4,9H2,1-3H3. The van der Waals surface area contributed by atoms with Gasteiger partial charge in [-0.15, -0.1) is 0 Å². The van der Waals surface area contributed by atoms with Gasteiger partial charge in [0.15, 0.2) is 0 Å². The molecule has 1 N–H and O–H groups in total. The van der Waals surface area contributed by atoms with Crippen LogP contribution in [0.5, 0.6) is 0 Å². The third-order valence-electron chi connectivity index (χ3n) is 3.00. The van der Waals surface area contributed by atoms with E-state index in [1.165, 1.54) is 0 Å². The molecule has 0 radical (unpaired) electrons. The van der Waals surface area contributed by atoms with E-state index in [0.717, 1.165) is 33.8 Å². The molecule has 1 aromatic heterocycles. The lowest BCUT2D eigenvalue weighted by Crippen LogP contribution is -2.22. The van der Waals surface area contributed by atoms with Crippen molar-refractivity contribution >= 4 is 28.2 Å². The minimum atomic E-state index is 0.198. The van der Waals surface area contributed by atoms with Gasteiger partial charge in [-0.05, 0) is 44.5 Å². The first-order valence-electron chi connectivity index (χ1n) is 6.51. The summed E-state index contributed by atoms with van der Waals surface area (Å²) in [6, 6.07) is 6.11. The number of rotatable bonds is 5. The number of hydrogen-bond donors (Lipinski definition) is 1. The van der Waals surface area contributed by atoms with E-state index in [1.54, 1.807) is 6.20 Å². The van der Waals surface area contributed by atoms with Crippen LogP contribution in [0.1, 0.15) is 19.4 Å². The summed E-state index contributed by atoms with van der Waals surface area (Å²) in [6.45, 7) is 7.46. The van der Waals surface area contributed by atoms with E-state index in [9.17, 15) is 0 Å². The molecule has 0 bridgehead atoms. The number of aromatic nitrogens is 1. The van der Waals surface area contributed by atoms with Gasteiger partial charge in [0.2, 0.25) is 0 Å². The fraction of sp³-hybridized carbons (Fsp3) is 0.400. The Bertz CT molecular complexity index is 571. The first-order chi connectivity index (χ1) is 9.13. The fourth-order valence-corrected chi connectivity index (χ4v) is 2.43. The average Bonchev–Trinajstić information content (AvgIpc) is 2.41. The van der Waals surface area contributed by atoms with Crippen molar-refractivity contribution in [3.63, 3.8) is 0 Å². The van der Waals surface area contributed by atoms with Crippen LogP contribution >= 0.6 is 11.6 Å². The maximum Gasteiger partial charge on any atom is 0.0752 e. The normalized spacial score (nSPS) is 12.6. The van der Waals surface area contributed by atoms with Crippen LogP contribution in [0.2, 0.25) is 5.02 Å². The molecule has 0 spiro atoms. The highest BCUT2D eigenvalue weighted by Crippen LogP contribution is 2.33. The lowest BCUT2D eigenvalue weighted by molar-refractivity contribution is 0.141. The zero-order chi connectivity index (χ0) is 13.8. The number of fused-ring (bicyclic) bond motifs is 1. The summed E-state index contributed by atoms with van der Waals surface area (Å²) >= 11 is 6.36. The zero-order valence-corrected chi connectivity index (χ0v) is 12.3. The van der Waals surface area contributed by atoms with Crippen molar-refractivity contribution in [2.45, 2.75) is 26.8 Å². The van der Waals surface area contributed by atoms with Crippen LogP contribution < -0.4 is 5.32 Å². The molecular formula is C15H19ClN2O. The SMILES string of the molecule is CCOCC(C)Nc1c(Cl)cc(C)c2ncccc12. The molecule has 1 unspecified atom stereocenters. The third kappa shape index (κ3) is 3.17. The second-order valence-electron chi connectivity index (χ2n) is 4.65. The molecule has 102 valence electrons. The van der Waals surface area contributed by atoms with Gasteiger partial charge in [-0.2, -0.15) is 0 Å². The first-order valence-corrected chi connectivity index (χ1v) is 6.89. The van der Waals surface area contributed by atoms with E-state index in [0.29, 0.717) is 6.61 Å². The molecule has 1 atom stereocenters. The number of halogens is 1. The van der Waals surface area contributed by atoms with Crippen molar-refractivity contribution in [3.05, 3.63) is 35.0 Å². The molecule has 19 heavy (non-hydrogen) atoms. The van der Waals surface area contributed by atoms with Gasteiger partial charge >= 0.3 is 0 Å². The molecule has 0 aliphatic carbocycles. The number of nitrogens with zero attached hydrogens (tertiary/aromatic N) is 1. The Morgan fingerprint density at radius 1 is 1.47 bits per heavy atom. The Balaban J connectivity index is 2.37. The van der Waals surface area contributed by atoms with Gasteiger partial charge in [0, 0.05) is 24.2 Å². The maximum absolute atomic E-state index is 6.36. The summed E-state index contributed by atoms with van der Waals surface area (Å²) in [6.07, 6.45) is 1.80. The van der Waals surface area contributed by atoms with Crippen LogP contribution in [-0.4, -0.2) is 24.2 Å². The number of aryl methyl sites for hydroxylation is 1. The predicted molar refractivity (Wildman–Crippen MR) is 81.1 cm³/mol. The number of ether oxygens (including phenoxy) is 1. The number of nitrogens with one attached hydrogen (secondary N) is 1. The Labute approximate surface area is 118 Å². The summed E-state index contributed by atoms with van der Waals surface area (Å²) in [5.74, 6) is 0. The quantitative estimate of drug-likeness (QED) is 0.896. The summed E-state index contributed by atoms with van der Waals surface area (Å²) in [7, 11) is 0. The molecule has 4 heteroatoms. The van der Waals surface area contributed by atoms with Gasteiger partial charge in [0.25, 0.3) is 0 Å². The Kier molecular flexibility index (Phi) is 4.61. The summed E-state index contributed by atoms with van der Waals surface area (Å²) in [4.78, 5) is 4.42. The van der Waals surface area contributed by atoms with E-state index in [2.05, 4.69) is 17.2 Å². The molecule has 1 aromatic carbocycles. The molecule has 2 aromatic rings. The molecular weight excluding hydrogens is 260 g/mol. The van der Waals surface area contributed by atoms with Crippen molar-refractivity contribution < 1.29 is 4.74 Å². The van der Waals surface area contributed by atoms with Crippen molar-refractivity contribution in [1.82, 2.24) is 4.98 Å². The minimum absolute atomic E-state index is 0.198. The monoisotopic (exact) mass is 278 g/mol. The van der Waals surface area contributed by atoms with Crippen LogP contribution in [-0.2, 0) is 4.74 Å². The van der Waals surface area contributed by atoms with Crippen LogP contribution in [0.3, 0.4) is 0 Å². The summed E-state index contributed by atoms with van der Waals surface area (Å²) < 4.78 is 5.42. The summed E-state index contributed by atoms with van der Waals surface area (Å²) in [5, 5.41) is 5.19. The van der Waals surface area contributed by atoms with E-state index >= 15 is 0 Å². The van der Waals surface area contributed by atoms with Crippen molar-refractivity contribution in [3.8, 4) is 0 Å². The summed E-state index contributed by atoms with van der Waals surface area (Å²) in [5.41, 5.74) is 3.00. The number of hydrogen-bond acceptors (Lipinski definition) is 3. The third-order valence-corrected chi connectivity index (χ3v) is 3.29. The van der Waals surface area contributed by atoms with Crippen LogP contribution in [0.15, 0.2) is 24.4 Å². The minimum Gasteiger partial charge on any atom is -0.380 e. The Morgan fingerprint density at radius 3 is 3.00 bits per heavy atom. The van der Waals surface area contributed by atoms with E-state index in [1.807, 2.05) is 32.0 Å². The molecule has 0 aliphatic rings. The number of anilines is 1. The van der Waals surface area contributed by atoms with Gasteiger partial charge < -0.3 is 10.1 Å². The fourth-order valence-electron chi connectivity index (χ4n) is 2.11. The Hall–Kier alpha value is -1.32. The molecule has 0 amide bonds. The van der Waals surface area contributed by atoms with Gasteiger partial charge in [-0.3, -0.25) is 4.98 Å². The van der Waals surface area contributed by atoms with Crippen LogP contribution in [0.4, 0.5) is 5.69 Å². The maximum atomic E-state index is 6.36.